The van der Waals surface area contributed by atoms with Gasteiger partial charge in [0, 0.05) is 41.2 Å². The molecule has 0 saturated heterocycles. The third kappa shape index (κ3) is 3.08. The standard InChI is InChI=1S/C20H18N4O3/c1-12-14(5-2-6-17(12)25)20(27)24-9-7-15-16(11-24)22-18(23-19(15)26)13-4-3-8-21-10-13/h2-6,8,10,25H,7,9,11H2,1H3,(H,22,23,26). The van der Waals surface area contributed by atoms with Gasteiger partial charge in [-0.05, 0) is 37.6 Å². The molecule has 1 aromatic carbocycles. The lowest BCUT2D eigenvalue weighted by Gasteiger charge is -2.28. The predicted octanol–water partition coefficient (Wildman–Crippen LogP) is 2.04. The van der Waals surface area contributed by atoms with Gasteiger partial charge in [-0.3, -0.25) is 14.6 Å². The van der Waals surface area contributed by atoms with Gasteiger partial charge in [-0.2, -0.15) is 0 Å². The molecule has 27 heavy (non-hydrogen) atoms. The van der Waals surface area contributed by atoms with Crippen LogP contribution in [0, 0.1) is 6.92 Å². The van der Waals surface area contributed by atoms with Gasteiger partial charge in [-0.1, -0.05) is 6.07 Å². The third-order valence-electron chi connectivity index (χ3n) is 4.83. The van der Waals surface area contributed by atoms with E-state index in [0.29, 0.717) is 46.7 Å². The number of carbonyl (C=O) groups excluding carboxylic acids is 1. The van der Waals surface area contributed by atoms with E-state index in [-0.39, 0.29) is 23.8 Å². The number of nitrogens with one attached hydrogen (secondary N) is 1. The Labute approximate surface area is 155 Å². The summed E-state index contributed by atoms with van der Waals surface area (Å²) in [5, 5.41) is 9.87. The van der Waals surface area contributed by atoms with E-state index in [4.69, 9.17) is 0 Å². The highest BCUT2D eigenvalue weighted by Crippen LogP contribution is 2.24. The number of hydrogen-bond donors (Lipinski definition) is 2. The number of benzene rings is 1. The fourth-order valence-electron chi connectivity index (χ4n) is 3.28. The maximum atomic E-state index is 12.9. The Hall–Kier alpha value is -3.48. The number of aromatic hydroxyl groups is 1. The SMILES string of the molecule is Cc1c(O)cccc1C(=O)N1CCc2c(nc(-c3cccnc3)[nH]c2=O)C1. The molecule has 3 aromatic rings. The highest BCUT2D eigenvalue weighted by molar-refractivity contribution is 5.96. The minimum atomic E-state index is -0.181. The van der Waals surface area contributed by atoms with Crippen molar-refractivity contribution in [3.8, 4) is 17.1 Å². The molecule has 1 aliphatic rings. The Bertz CT molecular complexity index is 1080. The summed E-state index contributed by atoms with van der Waals surface area (Å²) < 4.78 is 0. The number of amides is 1. The first-order valence-electron chi connectivity index (χ1n) is 8.65. The van der Waals surface area contributed by atoms with Gasteiger partial charge in [0.25, 0.3) is 11.5 Å². The molecule has 136 valence electrons. The van der Waals surface area contributed by atoms with Gasteiger partial charge in [-0.15, -0.1) is 0 Å². The summed E-state index contributed by atoms with van der Waals surface area (Å²) in [4.78, 5) is 38.4. The maximum absolute atomic E-state index is 12.9. The summed E-state index contributed by atoms with van der Waals surface area (Å²) in [6.45, 7) is 2.39. The molecule has 7 heteroatoms. The number of rotatable bonds is 2. The van der Waals surface area contributed by atoms with Crippen LogP contribution in [0.1, 0.15) is 27.2 Å². The highest BCUT2D eigenvalue weighted by atomic mass is 16.3. The summed E-state index contributed by atoms with van der Waals surface area (Å²) >= 11 is 0. The molecule has 2 aromatic heterocycles. The fourth-order valence-corrected chi connectivity index (χ4v) is 3.28. The quantitative estimate of drug-likeness (QED) is 0.727. The molecule has 0 atom stereocenters. The average Bonchev–Trinajstić information content (AvgIpc) is 2.70. The second kappa shape index (κ2) is 6.68. The number of hydrogen-bond acceptors (Lipinski definition) is 5. The van der Waals surface area contributed by atoms with E-state index in [9.17, 15) is 14.7 Å². The second-order valence-corrected chi connectivity index (χ2v) is 6.51. The van der Waals surface area contributed by atoms with Crippen molar-refractivity contribution >= 4 is 5.91 Å². The molecule has 0 bridgehead atoms. The van der Waals surface area contributed by atoms with Gasteiger partial charge < -0.3 is 15.0 Å². The van der Waals surface area contributed by atoms with Gasteiger partial charge in [-0.25, -0.2) is 4.98 Å². The van der Waals surface area contributed by atoms with Crippen molar-refractivity contribution in [2.24, 2.45) is 0 Å². The van der Waals surface area contributed by atoms with Crippen LogP contribution in [-0.4, -0.2) is 37.4 Å². The van der Waals surface area contributed by atoms with Crippen LogP contribution in [0.5, 0.6) is 5.75 Å². The minimum Gasteiger partial charge on any atom is -0.508 e. The van der Waals surface area contributed by atoms with Gasteiger partial charge in [0.1, 0.15) is 11.6 Å². The smallest absolute Gasteiger partial charge is 0.254 e. The molecular weight excluding hydrogens is 344 g/mol. The molecule has 7 nitrogen and oxygen atoms in total. The molecule has 2 N–H and O–H groups in total. The van der Waals surface area contributed by atoms with Crippen LogP contribution in [0.3, 0.4) is 0 Å². The molecular formula is C20H18N4O3. The molecule has 0 fully saturated rings. The number of pyridine rings is 1. The Kier molecular flexibility index (Phi) is 4.19. The first-order chi connectivity index (χ1) is 13.0. The number of fused-ring (bicyclic) bond motifs is 1. The molecule has 0 aliphatic carbocycles. The minimum absolute atomic E-state index is 0.0895. The number of phenols is 1. The lowest BCUT2D eigenvalue weighted by molar-refractivity contribution is 0.0730. The largest absolute Gasteiger partial charge is 0.508 e. The van der Waals surface area contributed by atoms with Crippen molar-refractivity contribution < 1.29 is 9.90 Å². The third-order valence-corrected chi connectivity index (χ3v) is 4.83. The predicted molar refractivity (Wildman–Crippen MR) is 99.4 cm³/mol. The zero-order valence-corrected chi connectivity index (χ0v) is 14.8. The molecule has 1 amide bonds. The van der Waals surface area contributed by atoms with Crippen LogP contribution in [0.25, 0.3) is 11.4 Å². The monoisotopic (exact) mass is 362 g/mol. The number of H-pyrrole nitrogens is 1. The second-order valence-electron chi connectivity index (χ2n) is 6.51. The van der Waals surface area contributed by atoms with Gasteiger partial charge in [0.15, 0.2) is 0 Å². The highest BCUT2D eigenvalue weighted by Gasteiger charge is 2.26. The number of phenolic OH excluding ortho intramolecular Hbond substituents is 1. The van der Waals surface area contributed by atoms with E-state index in [0.717, 1.165) is 0 Å². The summed E-state index contributed by atoms with van der Waals surface area (Å²) in [6.07, 6.45) is 3.72. The van der Waals surface area contributed by atoms with E-state index >= 15 is 0 Å². The van der Waals surface area contributed by atoms with E-state index in [2.05, 4.69) is 15.0 Å². The van der Waals surface area contributed by atoms with Crippen LogP contribution in [0.15, 0.2) is 47.5 Å². The van der Waals surface area contributed by atoms with Crippen LogP contribution >= 0.6 is 0 Å². The summed E-state index contributed by atoms with van der Waals surface area (Å²) in [5.41, 5.74) is 2.73. The Morgan fingerprint density at radius 2 is 2.11 bits per heavy atom. The van der Waals surface area contributed by atoms with Crippen molar-refractivity contribution in [1.29, 1.82) is 0 Å². The molecule has 3 heterocycles. The van der Waals surface area contributed by atoms with Crippen LogP contribution < -0.4 is 5.56 Å². The van der Waals surface area contributed by atoms with Crippen LogP contribution in [0.4, 0.5) is 0 Å². The van der Waals surface area contributed by atoms with E-state index in [1.807, 2.05) is 6.07 Å². The fraction of sp³-hybridized carbons (Fsp3) is 0.200. The zero-order chi connectivity index (χ0) is 19.0. The lowest BCUT2D eigenvalue weighted by Crippen LogP contribution is -2.39. The Morgan fingerprint density at radius 3 is 2.89 bits per heavy atom. The molecule has 0 saturated carbocycles. The van der Waals surface area contributed by atoms with E-state index < -0.39 is 0 Å². The number of nitrogens with zero attached hydrogens (tertiary/aromatic N) is 3. The number of carbonyl (C=O) groups is 1. The maximum Gasteiger partial charge on any atom is 0.254 e. The number of aromatic nitrogens is 3. The molecule has 1 aliphatic heterocycles. The normalized spacial score (nSPS) is 13.3. The van der Waals surface area contributed by atoms with Gasteiger partial charge in [0.05, 0.1) is 12.2 Å². The summed E-state index contributed by atoms with van der Waals surface area (Å²) in [7, 11) is 0. The first-order valence-corrected chi connectivity index (χ1v) is 8.65. The van der Waals surface area contributed by atoms with Crippen LogP contribution in [-0.2, 0) is 13.0 Å². The van der Waals surface area contributed by atoms with Crippen molar-refractivity contribution in [3.63, 3.8) is 0 Å². The summed E-state index contributed by atoms with van der Waals surface area (Å²) in [6, 6.07) is 8.49. The molecule has 0 radical (unpaired) electrons. The van der Waals surface area contributed by atoms with Crippen molar-refractivity contribution in [3.05, 3.63) is 75.5 Å². The molecule has 4 rings (SSSR count). The summed E-state index contributed by atoms with van der Waals surface area (Å²) in [5.74, 6) is 0.348. The van der Waals surface area contributed by atoms with E-state index in [1.54, 1.807) is 48.5 Å². The Morgan fingerprint density at radius 1 is 1.26 bits per heavy atom. The number of aromatic amines is 1. The molecule has 0 spiro atoms. The Balaban J connectivity index is 1.68. The topological polar surface area (TPSA) is 99.2 Å². The molecule has 0 unspecified atom stereocenters. The van der Waals surface area contributed by atoms with Crippen molar-refractivity contribution in [2.45, 2.75) is 19.9 Å². The lowest BCUT2D eigenvalue weighted by atomic mass is 10.0. The van der Waals surface area contributed by atoms with Gasteiger partial charge >= 0.3 is 0 Å². The van der Waals surface area contributed by atoms with Gasteiger partial charge in [0.2, 0.25) is 0 Å². The zero-order valence-electron chi connectivity index (χ0n) is 14.8. The van der Waals surface area contributed by atoms with E-state index in [1.165, 1.54) is 0 Å². The van der Waals surface area contributed by atoms with Crippen LogP contribution in [0.2, 0.25) is 0 Å². The average molecular weight is 362 g/mol. The van der Waals surface area contributed by atoms with Crippen molar-refractivity contribution in [1.82, 2.24) is 19.9 Å². The van der Waals surface area contributed by atoms with Crippen molar-refractivity contribution in [2.75, 3.05) is 6.54 Å². The first kappa shape index (κ1) is 17.0.